The molecule has 2 amide bonds. The Morgan fingerprint density at radius 3 is 2.03 bits per heavy atom. The second kappa shape index (κ2) is 9.65. The number of carboxylic acids is 1. The lowest BCUT2D eigenvalue weighted by atomic mass is 9.98. The number of aliphatic carboxylic acids is 1. The molecule has 1 atom stereocenters. The summed E-state index contributed by atoms with van der Waals surface area (Å²) < 4.78 is 5.68. The predicted octanol–water partition coefficient (Wildman–Crippen LogP) is 4.26. The molecule has 0 saturated carbocycles. The largest absolute Gasteiger partial charge is 0.480 e. The quantitative estimate of drug-likeness (QED) is 0.624. The number of hydrogen-bond donors (Lipinski definition) is 2. The van der Waals surface area contributed by atoms with Gasteiger partial charge in [0.05, 0.1) is 0 Å². The standard InChI is InChI=1S/C26H32N2O5/c1-16(2)14-22(23(29)27-26(3,4)24(30)31)28(5)25(32)33-15-21-19-12-8-6-10-17(19)18-11-7-9-13-20(18)21/h6-13,16,21-22H,14-15H2,1-5H3,(H,27,29)(H,30,31). The van der Waals surface area contributed by atoms with E-state index in [2.05, 4.69) is 17.4 Å². The van der Waals surface area contributed by atoms with Crippen LogP contribution in [0, 0.1) is 5.92 Å². The van der Waals surface area contributed by atoms with Crippen LogP contribution in [0.5, 0.6) is 0 Å². The van der Waals surface area contributed by atoms with Crippen LogP contribution in [0.15, 0.2) is 48.5 Å². The average molecular weight is 453 g/mol. The van der Waals surface area contributed by atoms with Gasteiger partial charge in [0.1, 0.15) is 18.2 Å². The van der Waals surface area contributed by atoms with Crippen molar-refractivity contribution in [2.75, 3.05) is 13.7 Å². The fraction of sp³-hybridized carbons (Fsp3) is 0.423. The number of nitrogens with zero attached hydrogens (tertiary/aromatic N) is 1. The van der Waals surface area contributed by atoms with Crippen LogP contribution in [0.1, 0.15) is 51.2 Å². The van der Waals surface area contributed by atoms with Gasteiger partial charge in [-0.25, -0.2) is 9.59 Å². The number of carbonyl (C=O) groups excluding carboxylic acids is 2. The van der Waals surface area contributed by atoms with Gasteiger partial charge < -0.3 is 15.2 Å². The normalized spacial score (nSPS) is 13.8. The maximum absolute atomic E-state index is 13.0. The van der Waals surface area contributed by atoms with E-state index in [-0.39, 0.29) is 18.4 Å². The predicted molar refractivity (Wildman–Crippen MR) is 126 cm³/mol. The maximum atomic E-state index is 13.0. The molecule has 0 saturated heterocycles. The molecular weight excluding hydrogens is 420 g/mol. The van der Waals surface area contributed by atoms with E-state index >= 15 is 0 Å². The van der Waals surface area contributed by atoms with Crippen LogP contribution in [0.4, 0.5) is 4.79 Å². The molecule has 2 aromatic carbocycles. The Balaban J connectivity index is 1.74. The Bertz CT molecular complexity index is 1000. The molecular formula is C26H32N2O5. The number of carboxylic acid groups (broad SMARTS) is 1. The topological polar surface area (TPSA) is 95.9 Å². The number of hydrogen-bond acceptors (Lipinski definition) is 4. The number of fused-ring (bicyclic) bond motifs is 3. The molecule has 0 aliphatic heterocycles. The monoisotopic (exact) mass is 452 g/mol. The zero-order chi connectivity index (χ0) is 24.3. The Kier molecular flexibility index (Phi) is 7.10. The minimum absolute atomic E-state index is 0.0851. The van der Waals surface area contributed by atoms with Crippen LogP contribution < -0.4 is 5.32 Å². The van der Waals surface area contributed by atoms with Gasteiger partial charge in [0.15, 0.2) is 0 Å². The van der Waals surface area contributed by atoms with Crippen LogP contribution in [-0.2, 0) is 14.3 Å². The van der Waals surface area contributed by atoms with Gasteiger partial charge in [-0.05, 0) is 48.4 Å². The van der Waals surface area contributed by atoms with Gasteiger partial charge in [-0.1, -0.05) is 62.4 Å². The number of nitrogens with one attached hydrogen (secondary N) is 1. The molecule has 0 heterocycles. The van der Waals surface area contributed by atoms with Gasteiger partial charge in [0, 0.05) is 13.0 Å². The molecule has 7 nitrogen and oxygen atoms in total. The number of benzene rings is 2. The summed E-state index contributed by atoms with van der Waals surface area (Å²) >= 11 is 0. The molecule has 1 unspecified atom stereocenters. The minimum atomic E-state index is -1.45. The fourth-order valence-corrected chi connectivity index (χ4v) is 4.16. The number of ether oxygens (including phenoxy) is 1. The molecule has 7 heteroatoms. The second-order valence-corrected chi connectivity index (χ2v) is 9.48. The van der Waals surface area contributed by atoms with Crippen molar-refractivity contribution in [3.63, 3.8) is 0 Å². The first kappa shape index (κ1) is 24.3. The zero-order valence-electron chi connectivity index (χ0n) is 19.8. The van der Waals surface area contributed by atoms with E-state index < -0.39 is 29.6 Å². The van der Waals surface area contributed by atoms with E-state index in [1.807, 2.05) is 50.2 Å². The van der Waals surface area contributed by atoms with Gasteiger partial charge in [-0.3, -0.25) is 9.69 Å². The summed E-state index contributed by atoms with van der Waals surface area (Å²) in [7, 11) is 1.51. The molecule has 0 fully saturated rings. The fourth-order valence-electron chi connectivity index (χ4n) is 4.16. The highest BCUT2D eigenvalue weighted by molar-refractivity contribution is 5.90. The number of amides is 2. The van der Waals surface area contributed by atoms with E-state index in [0.717, 1.165) is 22.3 Å². The summed E-state index contributed by atoms with van der Waals surface area (Å²) in [5, 5.41) is 11.9. The molecule has 0 aromatic heterocycles. The molecule has 33 heavy (non-hydrogen) atoms. The molecule has 1 aliphatic carbocycles. The third-order valence-electron chi connectivity index (χ3n) is 6.06. The highest BCUT2D eigenvalue weighted by atomic mass is 16.6. The second-order valence-electron chi connectivity index (χ2n) is 9.48. The van der Waals surface area contributed by atoms with Gasteiger partial charge in [-0.2, -0.15) is 0 Å². The Labute approximate surface area is 194 Å². The summed E-state index contributed by atoms with van der Waals surface area (Å²) in [6, 6.07) is 15.3. The number of rotatable bonds is 8. The molecule has 3 rings (SSSR count). The number of carbonyl (C=O) groups is 3. The van der Waals surface area contributed by atoms with Crippen LogP contribution in [-0.4, -0.2) is 53.2 Å². The third kappa shape index (κ3) is 5.18. The first-order valence-corrected chi connectivity index (χ1v) is 11.2. The number of likely N-dealkylation sites (N-methyl/N-ethyl adjacent to an activating group) is 1. The highest BCUT2D eigenvalue weighted by Crippen LogP contribution is 2.44. The highest BCUT2D eigenvalue weighted by Gasteiger charge is 2.36. The first-order chi connectivity index (χ1) is 15.5. The van der Waals surface area contributed by atoms with Gasteiger partial charge >= 0.3 is 12.1 Å². The lowest BCUT2D eigenvalue weighted by Gasteiger charge is -2.31. The summed E-state index contributed by atoms with van der Waals surface area (Å²) in [5.74, 6) is -1.65. The maximum Gasteiger partial charge on any atom is 0.410 e. The van der Waals surface area contributed by atoms with E-state index in [9.17, 15) is 19.5 Å². The van der Waals surface area contributed by atoms with Crippen molar-refractivity contribution >= 4 is 18.0 Å². The minimum Gasteiger partial charge on any atom is -0.480 e. The van der Waals surface area contributed by atoms with Gasteiger partial charge in [0.25, 0.3) is 0 Å². The first-order valence-electron chi connectivity index (χ1n) is 11.2. The summed E-state index contributed by atoms with van der Waals surface area (Å²) in [6.07, 6.45) is -0.242. The Hall–Kier alpha value is -3.35. The Morgan fingerprint density at radius 1 is 1.03 bits per heavy atom. The molecule has 176 valence electrons. The lowest BCUT2D eigenvalue weighted by Crippen LogP contribution is -2.57. The SMILES string of the molecule is CC(C)CC(C(=O)NC(C)(C)C(=O)O)N(C)C(=O)OCC1c2ccccc2-c2ccccc21. The molecule has 0 radical (unpaired) electrons. The van der Waals surface area contributed by atoms with Crippen molar-refractivity contribution in [3.05, 3.63) is 59.7 Å². The lowest BCUT2D eigenvalue weighted by molar-refractivity contribution is -0.146. The van der Waals surface area contributed by atoms with Crippen LogP contribution in [0.25, 0.3) is 11.1 Å². The van der Waals surface area contributed by atoms with Crippen molar-refractivity contribution in [1.82, 2.24) is 10.2 Å². The van der Waals surface area contributed by atoms with Crippen molar-refractivity contribution in [1.29, 1.82) is 0 Å². The zero-order valence-corrected chi connectivity index (χ0v) is 19.8. The third-order valence-corrected chi connectivity index (χ3v) is 6.06. The van der Waals surface area contributed by atoms with Gasteiger partial charge in [-0.15, -0.1) is 0 Å². The average Bonchev–Trinajstić information content (AvgIpc) is 3.08. The molecule has 1 aliphatic rings. The molecule has 0 spiro atoms. The van der Waals surface area contributed by atoms with E-state index in [1.165, 1.54) is 25.8 Å². The molecule has 2 aromatic rings. The Morgan fingerprint density at radius 2 is 1.55 bits per heavy atom. The molecule has 2 N–H and O–H groups in total. The van der Waals surface area contributed by atoms with E-state index in [4.69, 9.17) is 4.74 Å². The molecule has 0 bridgehead atoms. The van der Waals surface area contributed by atoms with Gasteiger partial charge in [0.2, 0.25) is 5.91 Å². The van der Waals surface area contributed by atoms with Crippen molar-refractivity contribution in [3.8, 4) is 11.1 Å². The van der Waals surface area contributed by atoms with E-state index in [0.29, 0.717) is 6.42 Å². The van der Waals surface area contributed by atoms with Crippen molar-refractivity contribution in [2.45, 2.75) is 51.6 Å². The summed E-state index contributed by atoms with van der Waals surface area (Å²) in [6.45, 7) is 6.84. The van der Waals surface area contributed by atoms with Crippen LogP contribution in [0.3, 0.4) is 0 Å². The van der Waals surface area contributed by atoms with Crippen LogP contribution >= 0.6 is 0 Å². The summed E-state index contributed by atoms with van der Waals surface area (Å²) in [5.41, 5.74) is 3.03. The van der Waals surface area contributed by atoms with Crippen LogP contribution in [0.2, 0.25) is 0 Å². The van der Waals surface area contributed by atoms with Crippen molar-refractivity contribution in [2.24, 2.45) is 5.92 Å². The summed E-state index contributed by atoms with van der Waals surface area (Å²) in [4.78, 5) is 38.6. The van der Waals surface area contributed by atoms with E-state index in [1.54, 1.807) is 0 Å². The smallest absolute Gasteiger partial charge is 0.410 e. The van der Waals surface area contributed by atoms with Crippen molar-refractivity contribution < 1.29 is 24.2 Å².